The minimum atomic E-state index is -0.658. The second-order valence-electron chi connectivity index (χ2n) is 12.7. The predicted molar refractivity (Wildman–Crippen MR) is 228 cm³/mol. The molecule has 7 aromatic carbocycles. The molecule has 0 atom stereocenters. The summed E-state index contributed by atoms with van der Waals surface area (Å²) in [5, 5.41) is 20.7. The van der Waals surface area contributed by atoms with E-state index >= 15 is 0 Å². The number of nitro groups is 2. The summed E-state index contributed by atoms with van der Waals surface area (Å²) in [5.41, 5.74) is 24.4. The second kappa shape index (κ2) is 20.8. The molecule has 0 amide bonds. The van der Waals surface area contributed by atoms with Crippen LogP contribution in [0.1, 0.15) is 5.56 Å². The minimum absolute atomic E-state index is 0.0135. The van der Waals surface area contributed by atoms with Crippen LogP contribution in [0.25, 0.3) is 0 Å². The Morgan fingerprint density at radius 3 is 1.24 bits per heavy atom. The molecule has 0 unspecified atom stereocenters. The van der Waals surface area contributed by atoms with Gasteiger partial charge in [0.25, 0.3) is 11.4 Å². The maximum absolute atomic E-state index is 12.7. The van der Waals surface area contributed by atoms with Gasteiger partial charge < -0.3 is 37.1 Å². The SMILES string of the molecule is Fc1ccc(Oc2ccc3c(c2)CC=N3)cc1.Nc1cc(F)ccc1[N+](=O)[O-].Nc1cc(Oc2ccc(F)cc2)ccc1[N+](=O)[O-].Nc1ccc(Oc2ccc(F)cc2)cc1N. The fourth-order valence-corrected chi connectivity index (χ4v) is 5.14. The van der Waals surface area contributed by atoms with Crippen molar-refractivity contribution < 1.29 is 41.6 Å². The third kappa shape index (κ3) is 13.2. The molecule has 0 radical (unpaired) electrons. The van der Waals surface area contributed by atoms with Crippen molar-refractivity contribution in [1.29, 1.82) is 0 Å². The van der Waals surface area contributed by atoms with E-state index in [0.717, 1.165) is 41.6 Å². The molecule has 0 bridgehead atoms. The van der Waals surface area contributed by atoms with E-state index in [1.807, 2.05) is 24.4 Å². The summed E-state index contributed by atoms with van der Waals surface area (Å²) >= 11 is 0. The highest BCUT2D eigenvalue weighted by Crippen LogP contribution is 2.32. The van der Waals surface area contributed by atoms with Crippen molar-refractivity contribution in [1.82, 2.24) is 0 Å². The van der Waals surface area contributed by atoms with Gasteiger partial charge in [0.1, 0.15) is 69.1 Å². The van der Waals surface area contributed by atoms with E-state index in [9.17, 15) is 37.8 Å². The maximum atomic E-state index is 12.7. The molecule has 0 spiro atoms. The number of fused-ring (bicyclic) bond motifs is 1. The lowest BCUT2D eigenvalue weighted by Crippen LogP contribution is -1.96. The summed E-state index contributed by atoms with van der Waals surface area (Å²) in [7, 11) is 0. The number of aliphatic imine (C=N–C) groups is 1. The summed E-state index contributed by atoms with van der Waals surface area (Å²) in [6.07, 6.45) is 2.72. The normalized spacial score (nSPS) is 10.6. The van der Waals surface area contributed by atoms with Crippen LogP contribution in [0.5, 0.6) is 34.5 Å². The molecule has 1 heterocycles. The van der Waals surface area contributed by atoms with Crippen molar-refractivity contribution in [3.05, 3.63) is 195 Å². The Morgan fingerprint density at radius 2 is 0.806 bits per heavy atom. The zero-order valence-electron chi connectivity index (χ0n) is 32.2. The van der Waals surface area contributed by atoms with Crippen LogP contribution >= 0.6 is 0 Å². The number of nitrogens with two attached hydrogens (primary N) is 4. The number of nitrogen functional groups attached to an aromatic ring is 4. The molecular formula is C44H35F4N7O7. The summed E-state index contributed by atoms with van der Waals surface area (Å²) in [6.45, 7) is 0. The van der Waals surface area contributed by atoms with Crippen molar-refractivity contribution in [2.75, 3.05) is 22.9 Å². The Hall–Kier alpha value is -8.67. The van der Waals surface area contributed by atoms with Gasteiger partial charge in [-0.05, 0) is 121 Å². The first-order valence-electron chi connectivity index (χ1n) is 18.0. The molecule has 62 heavy (non-hydrogen) atoms. The van der Waals surface area contributed by atoms with Crippen LogP contribution in [0.3, 0.4) is 0 Å². The zero-order valence-corrected chi connectivity index (χ0v) is 32.2. The lowest BCUT2D eigenvalue weighted by atomic mass is 10.1. The van der Waals surface area contributed by atoms with E-state index in [-0.39, 0.29) is 40.2 Å². The Labute approximate surface area is 350 Å². The molecule has 14 nitrogen and oxygen atoms in total. The van der Waals surface area contributed by atoms with Crippen molar-refractivity contribution in [3.8, 4) is 34.5 Å². The number of hydrogen-bond donors (Lipinski definition) is 4. The van der Waals surface area contributed by atoms with Crippen LogP contribution in [0, 0.1) is 43.5 Å². The molecule has 0 saturated heterocycles. The Kier molecular flexibility index (Phi) is 14.9. The van der Waals surface area contributed by atoms with Crippen LogP contribution < -0.4 is 37.1 Å². The number of hydrogen-bond acceptors (Lipinski definition) is 12. The molecule has 1 aliphatic rings. The van der Waals surface area contributed by atoms with Gasteiger partial charge >= 0.3 is 0 Å². The van der Waals surface area contributed by atoms with Crippen LogP contribution in [-0.4, -0.2) is 16.1 Å². The lowest BCUT2D eigenvalue weighted by molar-refractivity contribution is -0.384. The molecule has 0 aromatic heterocycles. The molecule has 1 aliphatic heterocycles. The monoisotopic (exact) mass is 849 g/mol. The number of rotatable bonds is 8. The van der Waals surface area contributed by atoms with Crippen LogP contribution in [0.2, 0.25) is 0 Å². The third-order valence-electron chi connectivity index (χ3n) is 8.18. The average Bonchev–Trinajstić information content (AvgIpc) is 3.71. The number of benzene rings is 7. The summed E-state index contributed by atoms with van der Waals surface area (Å²) in [6, 6.07) is 34.9. The van der Waals surface area contributed by atoms with E-state index in [1.54, 1.807) is 42.5 Å². The molecule has 0 aliphatic carbocycles. The highest BCUT2D eigenvalue weighted by molar-refractivity contribution is 5.76. The molecule has 0 saturated carbocycles. The van der Waals surface area contributed by atoms with Crippen molar-refractivity contribution in [2.45, 2.75) is 6.42 Å². The Bertz CT molecular complexity index is 2690. The summed E-state index contributed by atoms with van der Waals surface area (Å²) in [5.74, 6) is 1.76. The van der Waals surface area contributed by atoms with E-state index < -0.39 is 15.7 Å². The molecular weight excluding hydrogens is 815 g/mol. The van der Waals surface area contributed by atoms with Gasteiger partial charge in [-0.2, -0.15) is 0 Å². The number of nitrogens with zero attached hydrogens (tertiary/aromatic N) is 3. The first kappa shape index (κ1) is 44.4. The largest absolute Gasteiger partial charge is 0.457 e. The van der Waals surface area contributed by atoms with Gasteiger partial charge in [0.2, 0.25) is 0 Å². The molecule has 8 rings (SSSR count). The van der Waals surface area contributed by atoms with Crippen LogP contribution in [-0.2, 0) is 6.42 Å². The van der Waals surface area contributed by atoms with Gasteiger partial charge in [0.15, 0.2) is 0 Å². The van der Waals surface area contributed by atoms with Gasteiger partial charge in [-0.15, -0.1) is 0 Å². The summed E-state index contributed by atoms with van der Waals surface area (Å²) in [4.78, 5) is 23.7. The van der Waals surface area contributed by atoms with E-state index in [0.29, 0.717) is 40.1 Å². The van der Waals surface area contributed by atoms with Gasteiger partial charge in [-0.25, -0.2) is 17.6 Å². The third-order valence-corrected chi connectivity index (χ3v) is 8.18. The van der Waals surface area contributed by atoms with Gasteiger partial charge in [0, 0.05) is 43.0 Å². The van der Waals surface area contributed by atoms with Crippen molar-refractivity contribution >= 4 is 46.0 Å². The smallest absolute Gasteiger partial charge is 0.292 e. The highest BCUT2D eigenvalue weighted by Gasteiger charge is 2.13. The number of anilines is 4. The fraction of sp³-hybridized carbons (Fsp3) is 0.0227. The summed E-state index contributed by atoms with van der Waals surface area (Å²) < 4.78 is 66.9. The number of ether oxygens (including phenoxy) is 3. The molecule has 316 valence electrons. The number of nitro benzene ring substituents is 2. The number of halogens is 4. The van der Waals surface area contributed by atoms with Crippen molar-refractivity contribution in [2.24, 2.45) is 4.99 Å². The minimum Gasteiger partial charge on any atom is -0.457 e. The molecule has 7 aromatic rings. The first-order chi connectivity index (χ1) is 29.6. The second-order valence-corrected chi connectivity index (χ2v) is 12.7. The topological polar surface area (TPSA) is 230 Å². The van der Waals surface area contributed by atoms with Gasteiger partial charge in [-0.3, -0.25) is 25.2 Å². The maximum Gasteiger partial charge on any atom is 0.292 e. The van der Waals surface area contributed by atoms with Crippen molar-refractivity contribution in [3.63, 3.8) is 0 Å². The fourth-order valence-electron chi connectivity index (χ4n) is 5.14. The highest BCUT2D eigenvalue weighted by atomic mass is 19.1. The van der Waals surface area contributed by atoms with Gasteiger partial charge in [0.05, 0.1) is 26.9 Å². The lowest BCUT2D eigenvalue weighted by Gasteiger charge is -2.07. The Morgan fingerprint density at radius 1 is 0.435 bits per heavy atom. The van der Waals surface area contributed by atoms with E-state index in [2.05, 4.69) is 4.99 Å². The van der Waals surface area contributed by atoms with Gasteiger partial charge in [-0.1, -0.05) is 0 Å². The average molecular weight is 850 g/mol. The van der Waals surface area contributed by atoms with Crippen LogP contribution in [0.15, 0.2) is 151 Å². The quantitative estimate of drug-likeness (QED) is 0.0486. The molecule has 18 heteroatoms. The van der Waals surface area contributed by atoms with E-state index in [1.165, 1.54) is 66.7 Å². The van der Waals surface area contributed by atoms with Crippen LogP contribution in [0.4, 0.5) is 57.4 Å². The molecule has 8 N–H and O–H groups in total. The standard InChI is InChI=1S/C14H10FNO.C12H9FN2O3.C12H11FN2O.C6H5FN2O2/c15-11-1-3-12(4-2-11)17-13-5-6-14-10(9-13)7-8-16-14;13-8-1-3-9(4-2-8)18-10-5-6-12(15(16)17)11(14)7-10;13-8-1-3-9(4-2-8)16-10-5-6-11(14)12(15)7-10;7-4-1-2-6(9(10)11)5(8)3-4/h1-6,8-9H,7H2;1-7H,14H2;1-7H,14-15H2;1-3H,8H2. The van der Waals surface area contributed by atoms with E-state index in [4.69, 9.17) is 37.1 Å². The zero-order chi connectivity index (χ0) is 44.8. The predicted octanol–water partition coefficient (Wildman–Crippen LogP) is 11.1. The Balaban J connectivity index is 0.000000158. The first-order valence-corrected chi connectivity index (χ1v) is 18.0. The molecule has 0 fully saturated rings.